The number of hydrogen-bond acceptors (Lipinski definition) is 3. The van der Waals surface area contributed by atoms with Crippen molar-refractivity contribution >= 4 is 27.8 Å². The van der Waals surface area contributed by atoms with E-state index in [1.54, 1.807) is 6.07 Å². The van der Waals surface area contributed by atoms with E-state index in [1.807, 2.05) is 0 Å². The van der Waals surface area contributed by atoms with Crippen LogP contribution < -0.4 is 0 Å². The predicted molar refractivity (Wildman–Crippen MR) is 62.7 cm³/mol. The molecule has 0 bridgehead atoms. The summed E-state index contributed by atoms with van der Waals surface area (Å²) in [6.45, 7) is 0.461. The molecule has 0 saturated carbocycles. The van der Waals surface area contributed by atoms with Crippen LogP contribution in [-0.4, -0.2) is 34.5 Å². The van der Waals surface area contributed by atoms with Gasteiger partial charge in [-0.05, 0) is 41.3 Å². The first-order valence-electron chi connectivity index (χ1n) is 5.38. The van der Waals surface area contributed by atoms with Crippen molar-refractivity contribution < 1.29 is 19.1 Å². The monoisotopic (exact) mass is 301 g/mol. The van der Waals surface area contributed by atoms with Gasteiger partial charge < -0.3 is 14.4 Å². The molecule has 1 amide bonds. The van der Waals surface area contributed by atoms with Gasteiger partial charge in [-0.2, -0.15) is 0 Å². The zero-order valence-electron chi connectivity index (χ0n) is 9.06. The minimum atomic E-state index is -0.958. The average molecular weight is 302 g/mol. The largest absolute Gasteiger partial charge is 0.480 e. The van der Waals surface area contributed by atoms with Crippen molar-refractivity contribution in [1.29, 1.82) is 0 Å². The Bertz CT molecular complexity index is 442. The smallest absolute Gasteiger partial charge is 0.326 e. The molecule has 0 radical (unpaired) electrons. The maximum Gasteiger partial charge on any atom is 0.326 e. The molecule has 0 unspecified atom stereocenters. The molecule has 0 aromatic carbocycles. The SMILES string of the molecule is O=C(O)[C@H]1CCCCN1C(=O)c1occc1Br. The van der Waals surface area contributed by atoms with Crippen LogP contribution in [0.1, 0.15) is 29.8 Å². The summed E-state index contributed by atoms with van der Waals surface area (Å²) in [4.78, 5) is 24.6. The maximum absolute atomic E-state index is 12.1. The first-order chi connectivity index (χ1) is 8.11. The minimum absolute atomic E-state index is 0.165. The quantitative estimate of drug-likeness (QED) is 0.908. The zero-order valence-corrected chi connectivity index (χ0v) is 10.6. The predicted octanol–water partition coefficient (Wildman–Crippen LogP) is 2.12. The highest BCUT2D eigenvalue weighted by molar-refractivity contribution is 9.10. The maximum atomic E-state index is 12.1. The van der Waals surface area contributed by atoms with Crippen molar-refractivity contribution in [3.63, 3.8) is 0 Å². The van der Waals surface area contributed by atoms with Crippen LogP contribution in [0.2, 0.25) is 0 Å². The number of nitrogens with zero attached hydrogens (tertiary/aromatic N) is 1. The van der Waals surface area contributed by atoms with Gasteiger partial charge in [-0.15, -0.1) is 0 Å². The zero-order chi connectivity index (χ0) is 12.4. The van der Waals surface area contributed by atoms with Crippen LogP contribution in [-0.2, 0) is 4.79 Å². The van der Waals surface area contributed by atoms with Crippen LogP contribution in [0.5, 0.6) is 0 Å². The number of aliphatic carboxylic acids is 1. The highest BCUT2D eigenvalue weighted by Crippen LogP contribution is 2.24. The van der Waals surface area contributed by atoms with E-state index >= 15 is 0 Å². The number of carboxylic acids is 1. The molecule has 17 heavy (non-hydrogen) atoms. The van der Waals surface area contributed by atoms with E-state index in [2.05, 4.69) is 15.9 Å². The number of piperidine rings is 1. The molecule has 1 aliphatic rings. The summed E-state index contributed by atoms with van der Waals surface area (Å²) in [5.41, 5.74) is 0. The third kappa shape index (κ3) is 2.36. The summed E-state index contributed by atoms with van der Waals surface area (Å²) in [7, 11) is 0. The van der Waals surface area contributed by atoms with Crippen molar-refractivity contribution in [2.75, 3.05) is 6.54 Å². The molecule has 6 heteroatoms. The van der Waals surface area contributed by atoms with Crippen LogP contribution in [0.4, 0.5) is 0 Å². The van der Waals surface area contributed by atoms with Crippen LogP contribution in [0.25, 0.3) is 0 Å². The summed E-state index contributed by atoms with van der Waals surface area (Å²) in [5.74, 6) is -1.16. The fraction of sp³-hybridized carbons (Fsp3) is 0.455. The average Bonchev–Trinajstić information content (AvgIpc) is 2.74. The summed E-state index contributed by atoms with van der Waals surface area (Å²) >= 11 is 3.20. The van der Waals surface area contributed by atoms with Crippen molar-refractivity contribution in [2.45, 2.75) is 25.3 Å². The van der Waals surface area contributed by atoms with Gasteiger partial charge in [-0.1, -0.05) is 0 Å². The summed E-state index contributed by atoms with van der Waals surface area (Å²) in [5, 5.41) is 9.09. The van der Waals surface area contributed by atoms with Crippen LogP contribution in [0, 0.1) is 0 Å². The number of carboxylic acid groups (broad SMARTS) is 1. The summed E-state index contributed by atoms with van der Waals surface area (Å²) < 4.78 is 5.63. The number of furan rings is 1. The Labute approximate surface area is 107 Å². The second-order valence-electron chi connectivity index (χ2n) is 3.95. The molecule has 1 fully saturated rings. The molecule has 1 saturated heterocycles. The lowest BCUT2D eigenvalue weighted by atomic mass is 10.0. The number of rotatable bonds is 2. The molecular weight excluding hydrogens is 290 g/mol. The van der Waals surface area contributed by atoms with Crippen LogP contribution in [0.3, 0.4) is 0 Å². The van der Waals surface area contributed by atoms with E-state index in [-0.39, 0.29) is 11.7 Å². The molecule has 1 aromatic heterocycles. The van der Waals surface area contributed by atoms with Crippen LogP contribution in [0.15, 0.2) is 21.2 Å². The fourth-order valence-corrected chi connectivity index (χ4v) is 2.38. The molecule has 2 rings (SSSR count). The molecule has 0 aliphatic carbocycles. The highest BCUT2D eigenvalue weighted by atomic mass is 79.9. The van der Waals surface area contributed by atoms with E-state index in [4.69, 9.17) is 9.52 Å². The minimum Gasteiger partial charge on any atom is -0.480 e. The first-order valence-corrected chi connectivity index (χ1v) is 6.17. The Morgan fingerprint density at radius 3 is 2.82 bits per heavy atom. The molecule has 1 aromatic rings. The molecule has 1 aliphatic heterocycles. The standard InChI is InChI=1S/C11H12BrNO4/c12-7-4-6-17-9(7)10(14)13-5-2-1-3-8(13)11(15)16/h4,6,8H,1-3,5H2,(H,15,16)/t8-/m1/s1. The number of carbonyl (C=O) groups excluding carboxylic acids is 1. The molecule has 1 N–H and O–H groups in total. The van der Waals surface area contributed by atoms with Gasteiger partial charge in [-0.25, -0.2) is 4.79 Å². The fourth-order valence-electron chi connectivity index (χ4n) is 2.01. The lowest BCUT2D eigenvalue weighted by Crippen LogP contribution is -2.47. The topological polar surface area (TPSA) is 70.8 Å². The van der Waals surface area contributed by atoms with E-state index in [1.165, 1.54) is 11.2 Å². The Morgan fingerprint density at radius 1 is 1.47 bits per heavy atom. The Balaban J connectivity index is 2.23. The lowest BCUT2D eigenvalue weighted by molar-refractivity contribution is -0.143. The van der Waals surface area contributed by atoms with Crippen molar-refractivity contribution in [1.82, 2.24) is 4.90 Å². The lowest BCUT2D eigenvalue weighted by Gasteiger charge is -2.32. The normalized spacial score (nSPS) is 20.3. The van der Waals surface area contributed by atoms with E-state index < -0.39 is 12.0 Å². The first kappa shape index (κ1) is 12.2. The van der Waals surface area contributed by atoms with Gasteiger partial charge in [0.25, 0.3) is 5.91 Å². The Hall–Kier alpha value is -1.30. The van der Waals surface area contributed by atoms with E-state index in [0.29, 0.717) is 17.4 Å². The summed E-state index contributed by atoms with van der Waals surface area (Å²) in [6.07, 6.45) is 3.56. The van der Waals surface area contributed by atoms with E-state index in [0.717, 1.165) is 12.8 Å². The van der Waals surface area contributed by atoms with Gasteiger partial charge in [-0.3, -0.25) is 4.79 Å². The van der Waals surface area contributed by atoms with E-state index in [9.17, 15) is 9.59 Å². The number of amides is 1. The van der Waals surface area contributed by atoms with Crippen molar-refractivity contribution in [3.05, 3.63) is 22.6 Å². The molecule has 5 nitrogen and oxygen atoms in total. The Morgan fingerprint density at radius 2 is 2.24 bits per heavy atom. The van der Waals surface area contributed by atoms with Gasteiger partial charge in [0.05, 0.1) is 10.7 Å². The number of likely N-dealkylation sites (tertiary alicyclic amines) is 1. The van der Waals surface area contributed by atoms with Gasteiger partial charge in [0.2, 0.25) is 5.76 Å². The number of hydrogen-bond donors (Lipinski definition) is 1. The molecule has 92 valence electrons. The third-order valence-electron chi connectivity index (χ3n) is 2.86. The third-order valence-corrected chi connectivity index (χ3v) is 3.48. The van der Waals surface area contributed by atoms with Gasteiger partial charge in [0.15, 0.2) is 0 Å². The molecule has 1 atom stereocenters. The molecule has 2 heterocycles. The van der Waals surface area contributed by atoms with Gasteiger partial charge >= 0.3 is 5.97 Å². The molecular formula is C11H12BrNO4. The summed E-state index contributed by atoms with van der Waals surface area (Å²) in [6, 6.07) is 0.876. The Kier molecular flexibility index (Phi) is 3.51. The van der Waals surface area contributed by atoms with Crippen LogP contribution >= 0.6 is 15.9 Å². The second kappa shape index (κ2) is 4.91. The highest BCUT2D eigenvalue weighted by Gasteiger charge is 2.34. The number of carbonyl (C=O) groups is 2. The second-order valence-corrected chi connectivity index (χ2v) is 4.80. The van der Waals surface area contributed by atoms with Crippen molar-refractivity contribution in [3.8, 4) is 0 Å². The molecule has 0 spiro atoms. The van der Waals surface area contributed by atoms with Gasteiger partial charge in [0.1, 0.15) is 6.04 Å². The van der Waals surface area contributed by atoms with Gasteiger partial charge in [0, 0.05) is 6.54 Å². The van der Waals surface area contributed by atoms with Crippen molar-refractivity contribution in [2.24, 2.45) is 0 Å². The number of halogens is 1.